The summed E-state index contributed by atoms with van der Waals surface area (Å²) in [5.41, 5.74) is 8.00. The van der Waals surface area contributed by atoms with E-state index in [2.05, 4.69) is 21.2 Å². The van der Waals surface area contributed by atoms with Gasteiger partial charge < -0.3 is 27.6 Å². The lowest BCUT2D eigenvalue weighted by molar-refractivity contribution is -0.124. The van der Waals surface area contributed by atoms with Gasteiger partial charge >= 0.3 is 0 Å². The van der Waals surface area contributed by atoms with Crippen molar-refractivity contribution in [2.45, 2.75) is 44.2 Å². The summed E-state index contributed by atoms with van der Waals surface area (Å²) in [6.45, 7) is 0.582. The Morgan fingerprint density at radius 3 is 2.75 bits per heavy atom. The predicted octanol–water partition coefficient (Wildman–Crippen LogP) is -1.67. The molecule has 1 fully saturated rings. The van der Waals surface area contributed by atoms with Crippen LogP contribution in [-0.4, -0.2) is 37.4 Å². The number of amidine groups is 1. The second kappa shape index (κ2) is 8.72. The minimum atomic E-state index is -0.219. The summed E-state index contributed by atoms with van der Waals surface area (Å²) in [5.74, 6) is 11.3. The summed E-state index contributed by atoms with van der Waals surface area (Å²) in [5, 5.41) is 9.74. The Morgan fingerprint density at radius 1 is 1.45 bits per heavy atom. The van der Waals surface area contributed by atoms with Crippen molar-refractivity contribution in [2.24, 2.45) is 28.4 Å². The van der Waals surface area contributed by atoms with Gasteiger partial charge in [0.15, 0.2) is 0 Å². The molecule has 3 unspecified atom stereocenters. The molecule has 0 bridgehead atoms. The third kappa shape index (κ3) is 4.32. The molecule has 1 amide bonds. The first kappa shape index (κ1) is 16.7. The largest absolute Gasteiger partial charge is 0.351 e. The number of nitrogens with zero attached hydrogens (tertiary/aromatic N) is 1. The van der Waals surface area contributed by atoms with Gasteiger partial charge in [0, 0.05) is 12.0 Å². The molecule has 0 spiro atoms. The van der Waals surface area contributed by atoms with Gasteiger partial charge in [0.2, 0.25) is 5.91 Å². The molecule has 1 rings (SSSR count). The maximum atomic E-state index is 12.2. The van der Waals surface area contributed by atoms with Crippen molar-refractivity contribution in [3.8, 4) is 0 Å². The van der Waals surface area contributed by atoms with Crippen LogP contribution in [0, 0.1) is 5.92 Å². The number of hydrazine groups is 1. The van der Waals surface area contributed by atoms with E-state index in [1.165, 1.54) is 0 Å². The lowest BCUT2D eigenvalue weighted by atomic mass is 10.0. The molecule has 20 heavy (non-hydrogen) atoms. The number of likely N-dealkylation sites (N-methyl/N-ethyl adjacent to an activating group) is 1. The van der Waals surface area contributed by atoms with Gasteiger partial charge in [-0.2, -0.15) is 5.10 Å². The summed E-state index contributed by atoms with van der Waals surface area (Å²) >= 11 is 0. The van der Waals surface area contributed by atoms with E-state index < -0.39 is 0 Å². The van der Waals surface area contributed by atoms with Crippen LogP contribution in [-0.2, 0) is 4.79 Å². The summed E-state index contributed by atoms with van der Waals surface area (Å²) < 4.78 is 0. The minimum absolute atomic E-state index is 0.00811. The first-order valence-electron chi connectivity index (χ1n) is 7.10. The zero-order valence-corrected chi connectivity index (χ0v) is 12.1. The third-order valence-corrected chi connectivity index (χ3v) is 3.84. The second-order valence-electron chi connectivity index (χ2n) is 5.08. The maximum Gasteiger partial charge on any atom is 0.237 e. The van der Waals surface area contributed by atoms with E-state index in [1.54, 1.807) is 7.05 Å². The van der Waals surface area contributed by atoms with Gasteiger partial charge in [-0.1, -0.05) is 6.42 Å². The Bertz CT molecular complexity index is 334. The molecule has 8 heteroatoms. The molecule has 1 aliphatic carbocycles. The molecule has 0 aromatic carbocycles. The molecule has 8 nitrogen and oxygen atoms in total. The number of nitrogens with two attached hydrogens (primary N) is 3. The molecule has 0 aliphatic heterocycles. The van der Waals surface area contributed by atoms with Crippen LogP contribution in [0.1, 0.15) is 32.1 Å². The van der Waals surface area contributed by atoms with Gasteiger partial charge in [0.05, 0.1) is 6.04 Å². The van der Waals surface area contributed by atoms with E-state index in [1.807, 2.05) is 0 Å². The van der Waals surface area contributed by atoms with E-state index in [9.17, 15) is 4.79 Å². The van der Waals surface area contributed by atoms with Gasteiger partial charge in [-0.15, -0.1) is 0 Å². The number of hydrogen-bond acceptors (Lipinski definition) is 6. The van der Waals surface area contributed by atoms with E-state index >= 15 is 0 Å². The Labute approximate surface area is 119 Å². The number of carbonyl (C=O) groups excluding carboxylic acids is 1. The smallest absolute Gasteiger partial charge is 0.237 e. The summed E-state index contributed by atoms with van der Waals surface area (Å²) in [7, 11) is 1.78. The summed E-state index contributed by atoms with van der Waals surface area (Å²) in [6, 6.07) is -0.196. The fourth-order valence-electron chi connectivity index (χ4n) is 2.71. The second-order valence-corrected chi connectivity index (χ2v) is 5.08. The minimum Gasteiger partial charge on any atom is -0.351 e. The molecule has 116 valence electrons. The van der Waals surface area contributed by atoms with Gasteiger partial charge in [0.25, 0.3) is 0 Å². The number of carbonyl (C=O) groups is 1. The molecule has 1 aliphatic rings. The van der Waals surface area contributed by atoms with Crippen molar-refractivity contribution in [3.63, 3.8) is 0 Å². The highest BCUT2D eigenvalue weighted by Crippen LogP contribution is 2.26. The van der Waals surface area contributed by atoms with Crippen LogP contribution in [0.4, 0.5) is 0 Å². The van der Waals surface area contributed by atoms with Crippen molar-refractivity contribution in [2.75, 3.05) is 13.6 Å². The van der Waals surface area contributed by atoms with Crippen LogP contribution in [0.25, 0.3) is 0 Å². The molecule has 0 aromatic rings. The summed E-state index contributed by atoms with van der Waals surface area (Å²) in [4.78, 5) is 12.2. The van der Waals surface area contributed by atoms with Gasteiger partial charge in [0.1, 0.15) is 5.84 Å². The Kier molecular flexibility index (Phi) is 7.27. The van der Waals surface area contributed by atoms with Crippen molar-refractivity contribution >= 4 is 11.7 Å². The van der Waals surface area contributed by atoms with E-state index in [0.29, 0.717) is 12.4 Å². The quantitative estimate of drug-likeness (QED) is 0.143. The Morgan fingerprint density at radius 2 is 2.20 bits per heavy atom. The fourth-order valence-corrected chi connectivity index (χ4v) is 2.71. The van der Waals surface area contributed by atoms with Crippen molar-refractivity contribution in [1.82, 2.24) is 16.1 Å². The monoisotopic (exact) mass is 285 g/mol. The summed E-state index contributed by atoms with van der Waals surface area (Å²) in [6.07, 6.45) is 4.38. The molecule has 3 atom stereocenters. The average molecular weight is 285 g/mol. The number of rotatable bonds is 7. The van der Waals surface area contributed by atoms with Crippen LogP contribution < -0.4 is 33.5 Å². The Balaban J connectivity index is 2.59. The zero-order valence-electron chi connectivity index (χ0n) is 12.1. The zero-order chi connectivity index (χ0) is 15.0. The third-order valence-electron chi connectivity index (χ3n) is 3.84. The lowest BCUT2D eigenvalue weighted by Crippen LogP contribution is -2.51. The van der Waals surface area contributed by atoms with E-state index in [0.717, 1.165) is 32.1 Å². The van der Waals surface area contributed by atoms with Crippen molar-refractivity contribution < 1.29 is 4.79 Å². The van der Waals surface area contributed by atoms with Crippen LogP contribution in [0.15, 0.2) is 5.10 Å². The molecular weight excluding hydrogens is 258 g/mol. The molecule has 0 heterocycles. The van der Waals surface area contributed by atoms with Crippen molar-refractivity contribution in [3.05, 3.63) is 0 Å². The van der Waals surface area contributed by atoms with Crippen LogP contribution in [0.5, 0.6) is 0 Å². The average Bonchev–Trinajstić information content (AvgIpc) is 2.89. The first-order valence-corrected chi connectivity index (χ1v) is 7.10. The van der Waals surface area contributed by atoms with Gasteiger partial charge in [-0.05, 0) is 39.3 Å². The number of hydrogen-bond donors (Lipinski definition) is 6. The van der Waals surface area contributed by atoms with E-state index in [4.69, 9.17) is 17.4 Å². The predicted molar refractivity (Wildman–Crippen MR) is 79.4 cm³/mol. The SMILES string of the molecule is CNC(CCCN)C(=O)NC1CCCC1/C(=N/N)NN. The van der Waals surface area contributed by atoms with Crippen LogP contribution in [0.2, 0.25) is 0 Å². The number of nitrogens with one attached hydrogen (secondary N) is 3. The number of hydrazone groups is 1. The fraction of sp³-hybridized carbons (Fsp3) is 0.833. The lowest BCUT2D eigenvalue weighted by Gasteiger charge is -2.24. The molecule has 0 aromatic heterocycles. The van der Waals surface area contributed by atoms with Gasteiger partial charge in [-0.3, -0.25) is 4.79 Å². The highest BCUT2D eigenvalue weighted by atomic mass is 16.2. The highest BCUT2D eigenvalue weighted by molar-refractivity contribution is 5.87. The normalized spacial score (nSPS) is 24.4. The molecule has 1 saturated carbocycles. The highest BCUT2D eigenvalue weighted by Gasteiger charge is 2.33. The van der Waals surface area contributed by atoms with Crippen LogP contribution >= 0.6 is 0 Å². The Hall–Kier alpha value is -1.38. The first-order chi connectivity index (χ1) is 9.67. The molecular formula is C12H27N7O. The standard InChI is InChI=1S/C12H27N7O/c1-16-10(6-3-7-13)12(20)17-9-5-2-4-8(9)11(18-14)19-15/h8-10,16H,2-7,13-15H2,1H3,(H,17,20)(H,18,19). The molecule has 0 radical (unpaired) electrons. The number of amides is 1. The maximum absolute atomic E-state index is 12.2. The molecule has 9 N–H and O–H groups in total. The topological polar surface area (TPSA) is 144 Å². The van der Waals surface area contributed by atoms with Gasteiger partial charge in [-0.25, -0.2) is 5.84 Å². The molecule has 0 saturated heterocycles. The van der Waals surface area contributed by atoms with Crippen molar-refractivity contribution in [1.29, 1.82) is 0 Å². The van der Waals surface area contributed by atoms with E-state index in [-0.39, 0.29) is 23.9 Å². The van der Waals surface area contributed by atoms with Crippen LogP contribution in [0.3, 0.4) is 0 Å².